The van der Waals surface area contributed by atoms with Crippen molar-refractivity contribution in [2.24, 2.45) is 0 Å². The van der Waals surface area contributed by atoms with Gasteiger partial charge in [0.25, 0.3) is 5.69 Å². The highest BCUT2D eigenvalue weighted by atomic mass is 35.5. The summed E-state index contributed by atoms with van der Waals surface area (Å²) < 4.78 is 5.05. The molecule has 92 valence electrons. The predicted octanol–water partition coefficient (Wildman–Crippen LogP) is 2.76. The number of nitrogens with zero attached hydrogens (tertiary/aromatic N) is 1. The van der Waals surface area contributed by atoms with Crippen molar-refractivity contribution in [2.45, 2.75) is 6.42 Å². The Kier molecular flexibility index (Phi) is 4.53. The first-order valence-electron chi connectivity index (χ1n) is 4.40. The molecule has 1 aromatic rings. The quantitative estimate of drug-likeness (QED) is 0.661. The van der Waals surface area contributed by atoms with Crippen molar-refractivity contribution in [2.75, 3.05) is 6.61 Å². The molecule has 0 aliphatic carbocycles. The molecule has 0 fully saturated rings. The number of hydrogen-bond donors (Lipinski definition) is 1. The van der Waals surface area contributed by atoms with Gasteiger partial charge in [0.05, 0.1) is 28.0 Å². The minimum atomic E-state index is -1.03. The number of nitro groups is 1. The second kappa shape index (κ2) is 5.70. The van der Waals surface area contributed by atoms with Crippen LogP contribution in [0.25, 0.3) is 0 Å². The fourth-order valence-corrected chi connectivity index (χ4v) is 1.61. The number of non-ortho nitro benzene ring substituents is 1. The van der Waals surface area contributed by atoms with Gasteiger partial charge in [-0.25, -0.2) is 0 Å². The molecule has 0 aliphatic heterocycles. The Morgan fingerprint density at radius 1 is 1.41 bits per heavy atom. The van der Waals surface area contributed by atoms with Gasteiger partial charge in [0.2, 0.25) is 0 Å². The fourth-order valence-electron chi connectivity index (χ4n) is 1.03. The molecule has 0 saturated heterocycles. The van der Waals surface area contributed by atoms with E-state index in [4.69, 9.17) is 33.0 Å². The Hall–Kier alpha value is -1.53. The van der Waals surface area contributed by atoms with Crippen molar-refractivity contribution in [1.82, 2.24) is 0 Å². The molecule has 0 saturated carbocycles. The Morgan fingerprint density at radius 2 is 1.94 bits per heavy atom. The van der Waals surface area contributed by atoms with Crippen molar-refractivity contribution < 1.29 is 19.6 Å². The second-order valence-electron chi connectivity index (χ2n) is 2.99. The highest BCUT2D eigenvalue weighted by molar-refractivity contribution is 6.37. The number of carboxylic acids is 1. The molecule has 17 heavy (non-hydrogen) atoms. The number of halogens is 2. The number of rotatable bonds is 5. The third-order valence-corrected chi connectivity index (χ3v) is 2.32. The number of aliphatic carboxylic acids is 1. The van der Waals surface area contributed by atoms with Gasteiger partial charge in [-0.05, 0) is 0 Å². The summed E-state index contributed by atoms with van der Waals surface area (Å²) in [6.45, 7) is -0.118. The van der Waals surface area contributed by atoms with Crippen LogP contribution in [0.2, 0.25) is 10.0 Å². The number of benzene rings is 1. The van der Waals surface area contributed by atoms with E-state index in [1.807, 2.05) is 0 Å². The third-order valence-electron chi connectivity index (χ3n) is 1.76. The average Bonchev–Trinajstić information content (AvgIpc) is 2.21. The standard InChI is InChI=1S/C9H7Cl2NO5/c10-6-3-5(12(15)16)4-7(11)9(6)17-2-1-8(13)14/h3-4H,1-2H2,(H,13,14). The van der Waals surface area contributed by atoms with E-state index >= 15 is 0 Å². The van der Waals surface area contributed by atoms with E-state index in [1.165, 1.54) is 0 Å². The van der Waals surface area contributed by atoms with Crippen LogP contribution in [0, 0.1) is 10.1 Å². The molecule has 1 N–H and O–H groups in total. The average molecular weight is 280 g/mol. The maximum atomic E-state index is 10.5. The maximum absolute atomic E-state index is 10.5. The van der Waals surface area contributed by atoms with Crippen molar-refractivity contribution in [3.8, 4) is 5.75 Å². The molecule has 0 aliphatic rings. The minimum Gasteiger partial charge on any atom is -0.490 e. The number of hydrogen-bond acceptors (Lipinski definition) is 4. The molecular weight excluding hydrogens is 273 g/mol. The summed E-state index contributed by atoms with van der Waals surface area (Å²) in [6, 6.07) is 2.17. The minimum absolute atomic E-state index is 0.0328. The molecule has 0 radical (unpaired) electrons. The van der Waals surface area contributed by atoms with Crippen LogP contribution in [0.15, 0.2) is 12.1 Å². The Balaban J connectivity index is 2.86. The smallest absolute Gasteiger partial charge is 0.306 e. The molecule has 6 nitrogen and oxygen atoms in total. The first kappa shape index (κ1) is 13.5. The molecule has 8 heteroatoms. The third kappa shape index (κ3) is 3.76. The van der Waals surface area contributed by atoms with E-state index in [0.29, 0.717) is 0 Å². The normalized spacial score (nSPS) is 10.0. The van der Waals surface area contributed by atoms with Crippen LogP contribution in [-0.4, -0.2) is 22.6 Å². The van der Waals surface area contributed by atoms with Crippen molar-refractivity contribution in [1.29, 1.82) is 0 Å². The second-order valence-corrected chi connectivity index (χ2v) is 3.80. The number of carboxylic acid groups (broad SMARTS) is 1. The van der Waals surface area contributed by atoms with E-state index in [2.05, 4.69) is 0 Å². The SMILES string of the molecule is O=C(O)CCOc1c(Cl)cc([N+](=O)[O-])cc1Cl. The summed E-state index contributed by atoms with van der Waals surface area (Å²) in [6.07, 6.45) is -0.219. The largest absolute Gasteiger partial charge is 0.490 e. The van der Waals surface area contributed by atoms with Gasteiger partial charge in [-0.1, -0.05) is 23.2 Å². The van der Waals surface area contributed by atoms with Crippen LogP contribution >= 0.6 is 23.2 Å². The zero-order valence-corrected chi connectivity index (χ0v) is 9.86. The van der Waals surface area contributed by atoms with Crippen molar-refractivity contribution >= 4 is 34.9 Å². The van der Waals surface area contributed by atoms with Gasteiger partial charge in [-0.2, -0.15) is 0 Å². The molecule has 1 rings (SSSR count). The Morgan fingerprint density at radius 3 is 2.35 bits per heavy atom. The van der Waals surface area contributed by atoms with Crippen LogP contribution < -0.4 is 4.74 Å². The lowest BCUT2D eigenvalue weighted by atomic mass is 10.3. The lowest BCUT2D eigenvalue weighted by molar-refractivity contribution is -0.384. The van der Waals surface area contributed by atoms with Gasteiger partial charge in [-0.15, -0.1) is 0 Å². The van der Waals surface area contributed by atoms with E-state index < -0.39 is 10.9 Å². The molecule has 0 bridgehead atoms. The van der Waals surface area contributed by atoms with E-state index in [-0.39, 0.29) is 34.5 Å². The maximum Gasteiger partial charge on any atom is 0.306 e. The molecule has 0 spiro atoms. The lowest BCUT2D eigenvalue weighted by Crippen LogP contribution is -2.05. The molecule has 0 heterocycles. The summed E-state index contributed by atoms with van der Waals surface area (Å²) in [5.74, 6) is -0.987. The highest BCUT2D eigenvalue weighted by Gasteiger charge is 2.15. The molecule has 0 unspecified atom stereocenters. The monoisotopic (exact) mass is 279 g/mol. The topological polar surface area (TPSA) is 89.7 Å². The van der Waals surface area contributed by atoms with Crippen LogP contribution in [0.4, 0.5) is 5.69 Å². The van der Waals surface area contributed by atoms with Gasteiger partial charge in [-0.3, -0.25) is 14.9 Å². The Labute approximate surface area is 106 Å². The Bertz CT molecular complexity index is 440. The predicted molar refractivity (Wildman–Crippen MR) is 60.9 cm³/mol. The first-order chi connectivity index (χ1) is 7.91. The van der Waals surface area contributed by atoms with Crippen LogP contribution in [0.1, 0.15) is 6.42 Å². The van der Waals surface area contributed by atoms with Gasteiger partial charge >= 0.3 is 5.97 Å². The number of carbonyl (C=O) groups is 1. The molecule has 0 aromatic heterocycles. The summed E-state index contributed by atoms with van der Waals surface area (Å²) >= 11 is 11.5. The van der Waals surface area contributed by atoms with Gasteiger partial charge in [0, 0.05) is 12.1 Å². The summed E-state index contributed by atoms with van der Waals surface area (Å²) in [5, 5.41) is 18.8. The summed E-state index contributed by atoms with van der Waals surface area (Å²) in [4.78, 5) is 20.1. The molecule has 0 amide bonds. The van der Waals surface area contributed by atoms with Crippen molar-refractivity contribution in [3.05, 3.63) is 32.3 Å². The van der Waals surface area contributed by atoms with Crippen LogP contribution in [0.3, 0.4) is 0 Å². The highest BCUT2D eigenvalue weighted by Crippen LogP contribution is 2.36. The van der Waals surface area contributed by atoms with E-state index in [0.717, 1.165) is 12.1 Å². The van der Waals surface area contributed by atoms with Crippen LogP contribution in [0.5, 0.6) is 5.75 Å². The molecule has 1 aromatic carbocycles. The zero-order valence-electron chi connectivity index (χ0n) is 8.35. The fraction of sp³-hybridized carbons (Fsp3) is 0.222. The number of nitro benzene ring substituents is 1. The van der Waals surface area contributed by atoms with Crippen LogP contribution in [-0.2, 0) is 4.79 Å². The zero-order chi connectivity index (χ0) is 13.0. The summed E-state index contributed by atoms with van der Waals surface area (Å²) in [5.41, 5.74) is -0.259. The first-order valence-corrected chi connectivity index (χ1v) is 5.15. The lowest BCUT2D eigenvalue weighted by Gasteiger charge is -2.08. The van der Waals surface area contributed by atoms with Crippen molar-refractivity contribution in [3.63, 3.8) is 0 Å². The van der Waals surface area contributed by atoms with Gasteiger partial charge in [0.15, 0.2) is 5.75 Å². The van der Waals surface area contributed by atoms with Gasteiger partial charge in [0.1, 0.15) is 0 Å². The molecular formula is C9H7Cl2NO5. The van der Waals surface area contributed by atoms with Gasteiger partial charge < -0.3 is 9.84 Å². The van der Waals surface area contributed by atoms with E-state index in [1.54, 1.807) is 0 Å². The number of ether oxygens (including phenoxy) is 1. The summed E-state index contributed by atoms with van der Waals surface area (Å²) in [7, 11) is 0. The van der Waals surface area contributed by atoms with E-state index in [9.17, 15) is 14.9 Å². The molecule has 0 atom stereocenters.